The second-order valence-electron chi connectivity index (χ2n) is 6.58. The van der Waals surface area contributed by atoms with Crippen LogP contribution in [-0.4, -0.2) is 38.7 Å². The molecule has 0 atom stereocenters. The maximum absolute atomic E-state index is 6.47. The Hall–Kier alpha value is -1.46. The molecule has 0 spiro atoms. The Kier molecular flexibility index (Phi) is 9.22. The molecule has 1 N–H and O–H groups in total. The fourth-order valence-electron chi connectivity index (χ4n) is 2.62. The van der Waals surface area contributed by atoms with Gasteiger partial charge in [0, 0.05) is 22.7 Å². The molecule has 0 amide bonds. The van der Waals surface area contributed by atoms with Crippen LogP contribution in [0.3, 0.4) is 0 Å². The lowest BCUT2D eigenvalue weighted by molar-refractivity contribution is 0.269. The van der Waals surface area contributed by atoms with Crippen molar-refractivity contribution < 1.29 is 9.47 Å². The Morgan fingerprint density at radius 1 is 1.04 bits per heavy atom. The molecule has 148 valence electrons. The van der Waals surface area contributed by atoms with Gasteiger partial charge in [0.2, 0.25) is 0 Å². The fourth-order valence-corrected chi connectivity index (χ4v) is 3.06. The molecule has 0 aromatic heterocycles. The van der Waals surface area contributed by atoms with Crippen molar-refractivity contribution in [3.8, 4) is 11.5 Å². The van der Waals surface area contributed by atoms with Gasteiger partial charge in [-0.3, -0.25) is 0 Å². The van der Waals surface area contributed by atoms with Crippen LogP contribution in [0.15, 0.2) is 36.4 Å². The molecule has 0 radical (unpaired) electrons. The van der Waals surface area contributed by atoms with Gasteiger partial charge in [-0.15, -0.1) is 0 Å². The SMILES string of the molecule is CCOc1cc(CNCCCN(C)C)c(Cl)cc1OCc1cccc(Cl)c1. The molecule has 0 heterocycles. The average molecular weight is 411 g/mol. The third-order valence-electron chi connectivity index (χ3n) is 3.97. The molecule has 0 bridgehead atoms. The van der Waals surface area contributed by atoms with Gasteiger partial charge in [-0.2, -0.15) is 0 Å². The molecule has 0 aliphatic carbocycles. The standard InChI is InChI=1S/C21H28Cl2N2O2/c1-4-26-20-12-17(14-24-9-6-10-25(2)3)19(23)13-21(20)27-15-16-7-5-8-18(22)11-16/h5,7-8,11-13,24H,4,6,9-10,14-15H2,1-3H3. The van der Waals surface area contributed by atoms with Crippen LogP contribution in [0, 0.1) is 0 Å². The van der Waals surface area contributed by atoms with Crippen molar-refractivity contribution >= 4 is 23.2 Å². The molecule has 27 heavy (non-hydrogen) atoms. The van der Waals surface area contributed by atoms with Gasteiger partial charge < -0.3 is 19.7 Å². The van der Waals surface area contributed by atoms with Crippen molar-refractivity contribution in [3.05, 3.63) is 57.6 Å². The van der Waals surface area contributed by atoms with Gasteiger partial charge in [0.25, 0.3) is 0 Å². The first-order valence-corrected chi connectivity index (χ1v) is 9.93. The Morgan fingerprint density at radius 2 is 1.81 bits per heavy atom. The Morgan fingerprint density at radius 3 is 2.52 bits per heavy atom. The zero-order chi connectivity index (χ0) is 19.6. The lowest BCUT2D eigenvalue weighted by Crippen LogP contribution is -2.21. The minimum absolute atomic E-state index is 0.402. The van der Waals surface area contributed by atoms with Gasteiger partial charge in [-0.25, -0.2) is 0 Å². The second kappa shape index (κ2) is 11.4. The molecule has 0 saturated carbocycles. The largest absolute Gasteiger partial charge is 0.490 e. The van der Waals surface area contributed by atoms with Crippen molar-refractivity contribution in [2.45, 2.75) is 26.5 Å². The number of ether oxygens (including phenoxy) is 2. The first-order chi connectivity index (χ1) is 13.0. The maximum Gasteiger partial charge on any atom is 0.163 e. The zero-order valence-corrected chi connectivity index (χ0v) is 17.7. The summed E-state index contributed by atoms with van der Waals surface area (Å²) >= 11 is 12.5. The number of benzene rings is 2. The van der Waals surface area contributed by atoms with E-state index in [1.807, 2.05) is 43.3 Å². The summed E-state index contributed by atoms with van der Waals surface area (Å²) < 4.78 is 11.7. The third-order valence-corrected chi connectivity index (χ3v) is 4.56. The van der Waals surface area contributed by atoms with Crippen LogP contribution in [0.4, 0.5) is 0 Å². The second-order valence-corrected chi connectivity index (χ2v) is 7.42. The number of nitrogens with one attached hydrogen (secondary N) is 1. The van der Waals surface area contributed by atoms with E-state index < -0.39 is 0 Å². The summed E-state index contributed by atoms with van der Waals surface area (Å²) in [6, 6.07) is 11.4. The van der Waals surface area contributed by atoms with E-state index in [1.165, 1.54) is 0 Å². The summed E-state index contributed by atoms with van der Waals surface area (Å²) in [5.74, 6) is 1.34. The molecule has 6 heteroatoms. The molecular weight excluding hydrogens is 383 g/mol. The average Bonchev–Trinajstić information content (AvgIpc) is 2.62. The minimum atomic E-state index is 0.402. The predicted octanol–water partition coefficient (Wildman–Crippen LogP) is 5.01. The van der Waals surface area contributed by atoms with Crippen molar-refractivity contribution in [2.24, 2.45) is 0 Å². The van der Waals surface area contributed by atoms with Crippen LogP contribution < -0.4 is 14.8 Å². The molecule has 0 unspecified atom stereocenters. The molecule has 0 saturated heterocycles. The third kappa shape index (κ3) is 7.59. The van der Waals surface area contributed by atoms with Crippen molar-refractivity contribution in [1.29, 1.82) is 0 Å². The van der Waals surface area contributed by atoms with E-state index in [9.17, 15) is 0 Å². The first-order valence-electron chi connectivity index (χ1n) is 9.17. The highest BCUT2D eigenvalue weighted by atomic mass is 35.5. The van der Waals surface area contributed by atoms with Crippen molar-refractivity contribution in [3.63, 3.8) is 0 Å². The van der Waals surface area contributed by atoms with E-state index in [-0.39, 0.29) is 0 Å². The normalized spacial score (nSPS) is 11.0. The van der Waals surface area contributed by atoms with Crippen molar-refractivity contribution in [2.75, 3.05) is 33.8 Å². The molecule has 2 aromatic carbocycles. The summed E-state index contributed by atoms with van der Waals surface area (Å²) in [5.41, 5.74) is 1.99. The van der Waals surface area contributed by atoms with Gasteiger partial charge in [0.1, 0.15) is 6.61 Å². The van der Waals surface area contributed by atoms with E-state index >= 15 is 0 Å². The summed E-state index contributed by atoms with van der Waals surface area (Å²) in [5, 5.41) is 4.78. The number of rotatable bonds is 11. The van der Waals surface area contributed by atoms with E-state index in [4.69, 9.17) is 32.7 Å². The maximum atomic E-state index is 6.47. The molecule has 2 aromatic rings. The van der Waals surface area contributed by atoms with Gasteiger partial charge in [0.05, 0.1) is 6.61 Å². The van der Waals surface area contributed by atoms with Crippen molar-refractivity contribution in [1.82, 2.24) is 10.2 Å². The smallest absolute Gasteiger partial charge is 0.163 e. The van der Waals surface area contributed by atoms with Crippen LogP contribution in [0.2, 0.25) is 10.0 Å². The van der Waals surface area contributed by atoms with Gasteiger partial charge >= 0.3 is 0 Å². The number of halogens is 2. The van der Waals surface area contributed by atoms with Crippen LogP contribution in [0.5, 0.6) is 11.5 Å². The predicted molar refractivity (Wildman–Crippen MR) is 113 cm³/mol. The number of hydrogen-bond donors (Lipinski definition) is 1. The topological polar surface area (TPSA) is 33.7 Å². The lowest BCUT2D eigenvalue weighted by atomic mass is 10.2. The van der Waals surface area contributed by atoms with Crippen LogP contribution >= 0.6 is 23.2 Å². The lowest BCUT2D eigenvalue weighted by Gasteiger charge is -2.16. The monoisotopic (exact) mass is 410 g/mol. The van der Waals surface area contributed by atoms with E-state index in [2.05, 4.69) is 24.3 Å². The fraction of sp³-hybridized carbons (Fsp3) is 0.429. The highest BCUT2D eigenvalue weighted by Crippen LogP contribution is 2.34. The zero-order valence-electron chi connectivity index (χ0n) is 16.2. The van der Waals surface area contributed by atoms with Gasteiger partial charge in [-0.05, 0) is 69.9 Å². The molecule has 0 fully saturated rings. The quantitative estimate of drug-likeness (QED) is 0.527. The van der Waals surface area contributed by atoms with Gasteiger partial charge in [0.15, 0.2) is 11.5 Å². The van der Waals surface area contributed by atoms with E-state index in [0.29, 0.717) is 41.3 Å². The Balaban J connectivity index is 2.01. The van der Waals surface area contributed by atoms with E-state index in [0.717, 1.165) is 30.6 Å². The minimum Gasteiger partial charge on any atom is -0.490 e. The number of nitrogens with zero attached hydrogens (tertiary/aromatic N) is 1. The molecule has 2 rings (SSSR count). The molecule has 0 aliphatic rings. The summed E-state index contributed by atoms with van der Waals surface area (Å²) in [6.07, 6.45) is 1.09. The molecular formula is C21H28Cl2N2O2. The summed E-state index contributed by atoms with van der Waals surface area (Å²) in [7, 11) is 4.15. The molecule has 4 nitrogen and oxygen atoms in total. The highest BCUT2D eigenvalue weighted by molar-refractivity contribution is 6.31. The summed E-state index contributed by atoms with van der Waals surface area (Å²) in [6.45, 7) is 5.60. The molecule has 0 aliphatic heterocycles. The van der Waals surface area contributed by atoms with Gasteiger partial charge in [-0.1, -0.05) is 35.3 Å². The van der Waals surface area contributed by atoms with Crippen LogP contribution in [0.1, 0.15) is 24.5 Å². The van der Waals surface area contributed by atoms with E-state index in [1.54, 1.807) is 0 Å². The summed E-state index contributed by atoms with van der Waals surface area (Å²) in [4.78, 5) is 2.17. The van der Waals surface area contributed by atoms with Crippen LogP contribution in [-0.2, 0) is 13.2 Å². The van der Waals surface area contributed by atoms with Crippen LogP contribution in [0.25, 0.3) is 0 Å². The Labute approximate surface area is 172 Å². The first kappa shape index (κ1) is 21.8. The highest BCUT2D eigenvalue weighted by Gasteiger charge is 2.11. The number of hydrogen-bond acceptors (Lipinski definition) is 4. The Bertz CT molecular complexity index is 723.